The molecule has 3 aromatic rings. The van der Waals surface area contributed by atoms with Crippen LogP contribution in [-0.2, 0) is 6.54 Å². The van der Waals surface area contributed by atoms with Crippen LogP contribution in [0.2, 0.25) is 5.02 Å². The Morgan fingerprint density at radius 3 is 2.58 bits per heavy atom. The van der Waals surface area contributed by atoms with Crippen molar-refractivity contribution in [3.05, 3.63) is 77.2 Å². The van der Waals surface area contributed by atoms with Crippen molar-refractivity contribution in [2.75, 3.05) is 13.6 Å². The number of aliphatic hydroxyl groups is 1. The summed E-state index contributed by atoms with van der Waals surface area (Å²) in [5.74, 6) is 0.864. The lowest BCUT2D eigenvalue weighted by molar-refractivity contribution is 0.123. The Balaban J connectivity index is 1.62. The van der Waals surface area contributed by atoms with Gasteiger partial charge in [0.15, 0.2) is 0 Å². The zero-order chi connectivity index (χ0) is 16.9. The van der Waals surface area contributed by atoms with Crippen LogP contribution in [0, 0.1) is 0 Å². The normalized spacial score (nSPS) is 12.5. The molecule has 5 heteroatoms. The number of halogens is 1. The van der Waals surface area contributed by atoms with Gasteiger partial charge in [-0.2, -0.15) is 0 Å². The molecule has 1 unspecified atom stereocenters. The van der Waals surface area contributed by atoms with Crippen LogP contribution in [0.1, 0.15) is 17.5 Å². The fraction of sp³-hybridized carbons (Fsp3) is 0.211. The number of rotatable bonds is 6. The van der Waals surface area contributed by atoms with E-state index in [9.17, 15) is 5.11 Å². The molecule has 124 valence electrons. The van der Waals surface area contributed by atoms with Gasteiger partial charge in [0.1, 0.15) is 5.82 Å². The van der Waals surface area contributed by atoms with E-state index in [2.05, 4.69) is 9.97 Å². The van der Waals surface area contributed by atoms with Gasteiger partial charge in [-0.3, -0.25) is 4.90 Å². The van der Waals surface area contributed by atoms with E-state index in [1.807, 2.05) is 66.7 Å². The zero-order valence-electron chi connectivity index (χ0n) is 13.5. The Morgan fingerprint density at radius 2 is 1.83 bits per heavy atom. The van der Waals surface area contributed by atoms with Crippen LogP contribution >= 0.6 is 11.6 Å². The minimum atomic E-state index is -0.632. The molecule has 0 amide bonds. The average Bonchev–Trinajstić information content (AvgIpc) is 3.04. The number of aromatic amines is 1. The van der Waals surface area contributed by atoms with Crippen LogP contribution < -0.4 is 0 Å². The monoisotopic (exact) mass is 341 g/mol. The van der Waals surface area contributed by atoms with Crippen molar-refractivity contribution in [2.45, 2.75) is 12.6 Å². The molecule has 1 heterocycles. The predicted octanol–water partition coefficient (Wildman–Crippen LogP) is 3.90. The fourth-order valence-electron chi connectivity index (χ4n) is 2.67. The molecule has 4 nitrogen and oxygen atoms in total. The molecule has 0 saturated heterocycles. The maximum atomic E-state index is 10.4. The Hall–Kier alpha value is -2.14. The van der Waals surface area contributed by atoms with E-state index >= 15 is 0 Å². The standard InChI is InChI=1S/C19H20ClN3O/c1-23(12-18(24)15-9-5-6-10-16(15)20)13-19-21-11-17(22-19)14-7-3-2-4-8-14/h2-11,18,24H,12-13H2,1H3,(H,21,22). The van der Waals surface area contributed by atoms with Gasteiger partial charge in [0.05, 0.1) is 24.5 Å². The molecular weight excluding hydrogens is 322 g/mol. The number of H-pyrrole nitrogens is 1. The Labute approximate surface area is 146 Å². The van der Waals surface area contributed by atoms with Crippen molar-refractivity contribution in [1.29, 1.82) is 0 Å². The van der Waals surface area contributed by atoms with Gasteiger partial charge in [0.2, 0.25) is 0 Å². The average molecular weight is 342 g/mol. The molecule has 2 aromatic carbocycles. The summed E-state index contributed by atoms with van der Waals surface area (Å²) in [6.45, 7) is 1.10. The zero-order valence-corrected chi connectivity index (χ0v) is 14.2. The highest BCUT2D eigenvalue weighted by molar-refractivity contribution is 6.31. The van der Waals surface area contributed by atoms with Crippen molar-refractivity contribution in [3.63, 3.8) is 0 Å². The molecular formula is C19H20ClN3O. The Morgan fingerprint density at radius 1 is 1.12 bits per heavy atom. The summed E-state index contributed by atoms with van der Waals surface area (Å²) in [5, 5.41) is 11.0. The summed E-state index contributed by atoms with van der Waals surface area (Å²) in [5.41, 5.74) is 2.84. The lowest BCUT2D eigenvalue weighted by atomic mass is 10.1. The third kappa shape index (κ3) is 4.03. The summed E-state index contributed by atoms with van der Waals surface area (Å²) in [6.07, 6.45) is 1.20. The number of likely N-dealkylation sites (N-methyl/N-ethyl adjacent to an activating group) is 1. The highest BCUT2D eigenvalue weighted by Crippen LogP contribution is 2.23. The molecule has 3 rings (SSSR count). The SMILES string of the molecule is CN(Cc1ncc(-c2ccccc2)[nH]1)CC(O)c1ccccc1Cl. The Bertz CT molecular complexity index is 788. The maximum absolute atomic E-state index is 10.4. The summed E-state index contributed by atoms with van der Waals surface area (Å²) in [4.78, 5) is 9.76. The molecule has 0 bridgehead atoms. The quantitative estimate of drug-likeness (QED) is 0.715. The van der Waals surface area contributed by atoms with Crippen LogP contribution in [0.5, 0.6) is 0 Å². The highest BCUT2D eigenvalue weighted by Gasteiger charge is 2.14. The maximum Gasteiger partial charge on any atom is 0.120 e. The molecule has 0 fully saturated rings. The van der Waals surface area contributed by atoms with Crippen molar-refractivity contribution in [1.82, 2.24) is 14.9 Å². The second kappa shape index (κ2) is 7.62. The smallest absolute Gasteiger partial charge is 0.120 e. The molecule has 0 aliphatic rings. The lowest BCUT2D eigenvalue weighted by Crippen LogP contribution is -2.24. The van der Waals surface area contributed by atoms with Crippen LogP contribution in [-0.4, -0.2) is 33.6 Å². The first-order valence-electron chi connectivity index (χ1n) is 7.84. The van der Waals surface area contributed by atoms with Gasteiger partial charge in [-0.25, -0.2) is 4.98 Å². The van der Waals surface area contributed by atoms with Crippen molar-refractivity contribution in [3.8, 4) is 11.3 Å². The fourth-order valence-corrected chi connectivity index (χ4v) is 2.93. The van der Waals surface area contributed by atoms with E-state index in [0.29, 0.717) is 18.1 Å². The Kier molecular flexibility index (Phi) is 5.30. The van der Waals surface area contributed by atoms with E-state index < -0.39 is 6.10 Å². The molecule has 1 atom stereocenters. The number of imidazole rings is 1. The number of aromatic nitrogens is 2. The topological polar surface area (TPSA) is 52.2 Å². The molecule has 0 aliphatic carbocycles. The van der Waals surface area contributed by atoms with E-state index in [4.69, 9.17) is 11.6 Å². The number of benzene rings is 2. The van der Waals surface area contributed by atoms with Gasteiger partial charge < -0.3 is 10.1 Å². The molecule has 0 spiro atoms. The van der Waals surface area contributed by atoms with E-state index in [-0.39, 0.29) is 0 Å². The first-order valence-corrected chi connectivity index (χ1v) is 8.21. The van der Waals surface area contributed by atoms with Gasteiger partial charge in [-0.05, 0) is 18.7 Å². The van der Waals surface area contributed by atoms with Crippen molar-refractivity contribution in [2.24, 2.45) is 0 Å². The summed E-state index contributed by atoms with van der Waals surface area (Å²) in [7, 11) is 1.95. The molecule has 0 saturated carbocycles. The number of aliphatic hydroxyl groups excluding tert-OH is 1. The van der Waals surface area contributed by atoms with E-state index in [0.717, 1.165) is 22.6 Å². The molecule has 0 radical (unpaired) electrons. The van der Waals surface area contributed by atoms with Gasteiger partial charge in [-0.15, -0.1) is 0 Å². The van der Waals surface area contributed by atoms with Gasteiger partial charge >= 0.3 is 0 Å². The minimum Gasteiger partial charge on any atom is -0.387 e. The summed E-state index contributed by atoms with van der Waals surface area (Å²) in [6, 6.07) is 17.5. The number of nitrogens with zero attached hydrogens (tertiary/aromatic N) is 2. The van der Waals surface area contributed by atoms with Crippen LogP contribution in [0.3, 0.4) is 0 Å². The molecule has 24 heavy (non-hydrogen) atoms. The van der Waals surface area contributed by atoms with Crippen molar-refractivity contribution >= 4 is 11.6 Å². The molecule has 0 aliphatic heterocycles. The van der Waals surface area contributed by atoms with Crippen LogP contribution in [0.25, 0.3) is 11.3 Å². The highest BCUT2D eigenvalue weighted by atomic mass is 35.5. The summed E-state index contributed by atoms with van der Waals surface area (Å²) < 4.78 is 0. The van der Waals surface area contributed by atoms with Gasteiger partial charge in [-0.1, -0.05) is 60.1 Å². The van der Waals surface area contributed by atoms with Crippen LogP contribution in [0.15, 0.2) is 60.8 Å². The van der Waals surface area contributed by atoms with E-state index in [1.165, 1.54) is 0 Å². The van der Waals surface area contributed by atoms with Crippen LogP contribution in [0.4, 0.5) is 0 Å². The first kappa shape index (κ1) is 16.7. The predicted molar refractivity (Wildman–Crippen MR) is 96.8 cm³/mol. The van der Waals surface area contributed by atoms with Gasteiger partial charge in [0.25, 0.3) is 0 Å². The third-order valence-electron chi connectivity index (χ3n) is 3.88. The number of hydrogen-bond donors (Lipinski definition) is 2. The second-order valence-electron chi connectivity index (χ2n) is 5.84. The summed E-state index contributed by atoms with van der Waals surface area (Å²) >= 11 is 6.14. The second-order valence-corrected chi connectivity index (χ2v) is 6.25. The molecule has 2 N–H and O–H groups in total. The van der Waals surface area contributed by atoms with Gasteiger partial charge in [0, 0.05) is 17.1 Å². The van der Waals surface area contributed by atoms with E-state index in [1.54, 1.807) is 6.07 Å². The minimum absolute atomic E-state index is 0.477. The number of nitrogens with one attached hydrogen (secondary N) is 1. The van der Waals surface area contributed by atoms with Crippen molar-refractivity contribution < 1.29 is 5.11 Å². The molecule has 1 aromatic heterocycles. The largest absolute Gasteiger partial charge is 0.387 e. The lowest BCUT2D eigenvalue weighted by Gasteiger charge is -2.20. The number of hydrogen-bond acceptors (Lipinski definition) is 3. The third-order valence-corrected chi connectivity index (χ3v) is 4.23. The first-order chi connectivity index (χ1) is 11.6.